The van der Waals surface area contributed by atoms with Crippen molar-refractivity contribution in [3.05, 3.63) is 89.0 Å². The number of nitrogens with one attached hydrogen (secondary N) is 1. The number of hydrogen-bond donors (Lipinski definition) is 1. The van der Waals surface area contributed by atoms with Crippen LogP contribution in [0.4, 0.5) is 11.5 Å². The van der Waals surface area contributed by atoms with E-state index in [4.69, 9.17) is 4.98 Å². The molecular formula is C25H24N4. The average molecular weight is 380 g/mol. The molecule has 144 valence electrons. The van der Waals surface area contributed by atoms with Crippen molar-refractivity contribution in [2.45, 2.75) is 26.2 Å². The Morgan fingerprint density at radius 3 is 2.90 bits per heavy atom. The molecule has 0 bridgehead atoms. The van der Waals surface area contributed by atoms with Gasteiger partial charge in [-0.3, -0.25) is 0 Å². The third-order valence-electron chi connectivity index (χ3n) is 5.64. The van der Waals surface area contributed by atoms with Gasteiger partial charge < -0.3 is 9.88 Å². The molecule has 1 N–H and O–H groups in total. The first-order valence-corrected chi connectivity index (χ1v) is 10.1. The lowest BCUT2D eigenvalue weighted by Gasteiger charge is -2.19. The maximum atomic E-state index is 4.81. The summed E-state index contributed by atoms with van der Waals surface area (Å²) in [5, 5.41) is 1.21. The molecule has 5 rings (SSSR count). The SMILES string of the molecule is Cc1cc2cc(N(C)c3ccnc(CCc4ccc5c(c4)C=CC5)n3)ccc2[nH]1. The monoisotopic (exact) mass is 380 g/mol. The van der Waals surface area contributed by atoms with E-state index in [1.54, 1.807) is 0 Å². The van der Waals surface area contributed by atoms with Crippen LogP contribution in [0.5, 0.6) is 0 Å². The molecule has 0 fully saturated rings. The fraction of sp³-hybridized carbons (Fsp3) is 0.200. The molecule has 1 aliphatic carbocycles. The topological polar surface area (TPSA) is 44.8 Å². The molecule has 4 aromatic rings. The van der Waals surface area contributed by atoms with Crippen LogP contribution in [0.3, 0.4) is 0 Å². The second-order valence-electron chi connectivity index (χ2n) is 7.75. The van der Waals surface area contributed by atoms with Crippen molar-refractivity contribution in [1.82, 2.24) is 15.0 Å². The molecule has 0 saturated heterocycles. The summed E-state index contributed by atoms with van der Waals surface area (Å²) < 4.78 is 0. The first kappa shape index (κ1) is 17.7. The van der Waals surface area contributed by atoms with Gasteiger partial charge in [0.05, 0.1) is 0 Å². The molecule has 29 heavy (non-hydrogen) atoms. The van der Waals surface area contributed by atoms with Crippen LogP contribution in [-0.2, 0) is 19.3 Å². The fourth-order valence-corrected chi connectivity index (χ4v) is 4.01. The van der Waals surface area contributed by atoms with Crippen LogP contribution >= 0.6 is 0 Å². The number of fused-ring (bicyclic) bond motifs is 2. The van der Waals surface area contributed by atoms with Crippen LogP contribution in [0, 0.1) is 6.92 Å². The van der Waals surface area contributed by atoms with Gasteiger partial charge in [0.2, 0.25) is 0 Å². The highest BCUT2D eigenvalue weighted by atomic mass is 15.2. The van der Waals surface area contributed by atoms with Gasteiger partial charge in [-0.1, -0.05) is 30.4 Å². The molecule has 4 heteroatoms. The smallest absolute Gasteiger partial charge is 0.136 e. The minimum atomic E-state index is 0.834. The molecule has 0 atom stereocenters. The van der Waals surface area contributed by atoms with Gasteiger partial charge in [0.25, 0.3) is 0 Å². The maximum absolute atomic E-state index is 4.81. The lowest BCUT2D eigenvalue weighted by Crippen LogP contribution is -2.12. The summed E-state index contributed by atoms with van der Waals surface area (Å²) in [6.07, 6.45) is 9.14. The molecule has 2 aromatic carbocycles. The number of aryl methyl sites for hydroxylation is 3. The quantitative estimate of drug-likeness (QED) is 0.505. The highest BCUT2D eigenvalue weighted by Gasteiger charge is 2.10. The fourth-order valence-electron chi connectivity index (χ4n) is 4.01. The summed E-state index contributed by atoms with van der Waals surface area (Å²) >= 11 is 0. The summed E-state index contributed by atoms with van der Waals surface area (Å²) in [6, 6.07) is 17.4. The maximum Gasteiger partial charge on any atom is 0.136 e. The van der Waals surface area contributed by atoms with Crippen LogP contribution in [0.15, 0.2) is 60.8 Å². The molecule has 0 aliphatic heterocycles. The van der Waals surface area contributed by atoms with E-state index in [1.807, 2.05) is 12.3 Å². The second-order valence-corrected chi connectivity index (χ2v) is 7.75. The molecule has 2 heterocycles. The summed E-state index contributed by atoms with van der Waals surface area (Å²) in [6.45, 7) is 2.08. The van der Waals surface area contributed by atoms with E-state index in [0.717, 1.165) is 42.1 Å². The van der Waals surface area contributed by atoms with E-state index in [1.165, 1.54) is 27.8 Å². The Hall–Kier alpha value is -3.40. The Labute approximate surface area is 170 Å². The summed E-state index contributed by atoms with van der Waals surface area (Å²) in [4.78, 5) is 14.8. The molecule has 0 radical (unpaired) electrons. The van der Waals surface area contributed by atoms with Gasteiger partial charge in [-0.15, -0.1) is 0 Å². The molecule has 2 aromatic heterocycles. The van der Waals surface area contributed by atoms with Gasteiger partial charge >= 0.3 is 0 Å². The van der Waals surface area contributed by atoms with Crippen LogP contribution < -0.4 is 4.90 Å². The third-order valence-corrected chi connectivity index (χ3v) is 5.64. The van der Waals surface area contributed by atoms with Crippen molar-refractivity contribution in [2.24, 2.45) is 0 Å². The van der Waals surface area contributed by atoms with E-state index < -0.39 is 0 Å². The summed E-state index contributed by atoms with van der Waals surface area (Å²) in [5.41, 5.74) is 7.56. The number of aromatic amines is 1. The second kappa shape index (κ2) is 7.21. The molecular weight excluding hydrogens is 356 g/mol. The molecule has 0 unspecified atom stereocenters. The number of rotatable bonds is 5. The summed E-state index contributed by atoms with van der Waals surface area (Å²) in [5.74, 6) is 1.79. The molecule has 0 saturated carbocycles. The number of H-pyrrole nitrogens is 1. The van der Waals surface area contributed by atoms with Gasteiger partial charge in [0.1, 0.15) is 11.6 Å². The first-order valence-electron chi connectivity index (χ1n) is 10.1. The Morgan fingerprint density at radius 1 is 1.03 bits per heavy atom. The zero-order chi connectivity index (χ0) is 19.8. The lowest BCUT2D eigenvalue weighted by molar-refractivity contribution is 0.852. The van der Waals surface area contributed by atoms with Gasteiger partial charge in [0.15, 0.2) is 0 Å². The number of hydrogen-bond acceptors (Lipinski definition) is 3. The van der Waals surface area contributed by atoms with E-state index in [2.05, 4.69) is 83.5 Å². The predicted molar refractivity (Wildman–Crippen MR) is 120 cm³/mol. The highest BCUT2D eigenvalue weighted by molar-refractivity contribution is 5.85. The third kappa shape index (κ3) is 3.54. The van der Waals surface area contributed by atoms with Gasteiger partial charge in [0, 0.05) is 41.9 Å². The molecule has 0 amide bonds. The van der Waals surface area contributed by atoms with Gasteiger partial charge in [-0.25, -0.2) is 9.97 Å². The number of benzene rings is 2. The molecule has 1 aliphatic rings. The van der Waals surface area contributed by atoms with Crippen LogP contribution in [0.25, 0.3) is 17.0 Å². The van der Waals surface area contributed by atoms with Crippen molar-refractivity contribution < 1.29 is 0 Å². The van der Waals surface area contributed by atoms with Crippen molar-refractivity contribution in [1.29, 1.82) is 0 Å². The van der Waals surface area contributed by atoms with Crippen LogP contribution in [0.2, 0.25) is 0 Å². The lowest BCUT2D eigenvalue weighted by atomic mass is 10.0. The van der Waals surface area contributed by atoms with E-state index in [0.29, 0.717) is 0 Å². The standard InChI is InChI=1S/C25H24N4/c1-17-14-21-16-22(9-10-23(21)27-17)29(2)25-12-13-26-24(28-25)11-7-18-6-8-19-4-3-5-20(19)15-18/h3,5-6,8-10,12-16,27H,4,7,11H2,1-2H3. The minimum absolute atomic E-state index is 0.834. The van der Waals surface area contributed by atoms with Crippen molar-refractivity contribution >= 4 is 28.5 Å². The normalized spacial score (nSPS) is 12.5. The molecule has 0 spiro atoms. The van der Waals surface area contributed by atoms with E-state index in [-0.39, 0.29) is 0 Å². The highest BCUT2D eigenvalue weighted by Crippen LogP contribution is 2.26. The Balaban J connectivity index is 1.33. The number of nitrogens with zero attached hydrogens (tertiary/aromatic N) is 3. The Bertz CT molecular complexity index is 1220. The Kier molecular flexibility index (Phi) is 4.39. The zero-order valence-corrected chi connectivity index (χ0v) is 16.8. The van der Waals surface area contributed by atoms with Gasteiger partial charge in [-0.05, 0) is 66.8 Å². The zero-order valence-electron chi connectivity index (χ0n) is 16.8. The number of anilines is 2. The van der Waals surface area contributed by atoms with Crippen molar-refractivity contribution in [3.63, 3.8) is 0 Å². The number of allylic oxidation sites excluding steroid dienone is 1. The predicted octanol–water partition coefficient (Wildman–Crippen LogP) is 5.39. The van der Waals surface area contributed by atoms with Gasteiger partial charge in [-0.2, -0.15) is 0 Å². The number of aromatic nitrogens is 3. The van der Waals surface area contributed by atoms with Crippen LogP contribution in [-0.4, -0.2) is 22.0 Å². The van der Waals surface area contributed by atoms with Crippen molar-refractivity contribution in [2.75, 3.05) is 11.9 Å². The largest absolute Gasteiger partial charge is 0.359 e. The van der Waals surface area contributed by atoms with Crippen LogP contribution in [0.1, 0.15) is 28.2 Å². The average Bonchev–Trinajstić information content (AvgIpc) is 3.36. The molecule has 4 nitrogen and oxygen atoms in total. The summed E-state index contributed by atoms with van der Waals surface area (Å²) in [7, 11) is 2.06. The first-order chi connectivity index (χ1) is 14.2. The minimum Gasteiger partial charge on any atom is -0.359 e. The Morgan fingerprint density at radius 2 is 1.97 bits per heavy atom. The van der Waals surface area contributed by atoms with E-state index in [9.17, 15) is 0 Å². The van der Waals surface area contributed by atoms with E-state index >= 15 is 0 Å². The van der Waals surface area contributed by atoms with Crippen molar-refractivity contribution in [3.8, 4) is 0 Å².